The summed E-state index contributed by atoms with van der Waals surface area (Å²) in [7, 11) is 0. The summed E-state index contributed by atoms with van der Waals surface area (Å²) >= 11 is 0. The van der Waals surface area contributed by atoms with E-state index in [1.54, 1.807) is 0 Å². The van der Waals surface area contributed by atoms with Crippen LogP contribution in [0.4, 0.5) is 11.4 Å². The number of nitrogen functional groups attached to an aromatic ring is 1. The van der Waals surface area contributed by atoms with Crippen LogP contribution in [-0.4, -0.2) is 48.4 Å². The molecule has 4 aromatic carbocycles. The van der Waals surface area contributed by atoms with Crippen molar-refractivity contribution in [1.29, 1.82) is 0 Å². The standard InChI is InChI=1S/C32H35N3O3/c33-27-11-13-28(14-12-27)35-20-29(21-35)34(19-25-7-3-1-4-8-25)22-30(36)24-38-32-17-15-31(16-18-32)37-23-26-9-5-2-6-10-26/h1-18,29-30,36H,19-24,33H2/t30-/m0/s1. The molecule has 0 spiro atoms. The fraction of sp³-hybridized carbons (Fsp3) is 0.250. The van der Waals surface area contributed by atoms with Crippen molar-refractivity contribution in [2.45, 2.75) is 25.3 Å². The summed E-state index contributed by atoms with van der Waals surface area (Å²) in [5, 5.41) is 10.9. The van der Waals surface area contributed by atoms with Crippen molar-refractivity contribution in [3.8, 4) is 11.5 Å². The largest absolute Gasteiger partial charge is 0.491 e. The second kappa shape index (κ2) is 12.5. The van der Waals surface area contributed by atoms with Crippen LogP contribution in [-0.2, 0) is 13.2 Å². The summed E-state index contributed by atoms with van der Waals surface area (Å²) in [6.07, 6.45) is -0.613. The Balaban J connectivity index is 1.13. The molecule has 1 fully saturated rings. The highest BCUT2D eigenvalue weighted by molar-refractivity contribution is 5.55. The lowest BCUT2D eigenvalue weighted by atomic mass is 10.0. The minimum atomic E-state index is -0.613. The molecule has 0 amide bonds. The number of rotatable bonds is 12. The first-order valence-electron chi connectivity index (χ1n) is 13.1. The van der Waals surface area contributed by atoms with Crippen molar-refractivity contribution in [2.24, 2.45) is 0 Å². The molecule has 1 saturated heterocycles. The molecule has 196 valence electrons. The van der Waals surface area contributed by atoms with E-state index in [0.717, 1.165) is 36.6 Å². The maximum Gasteiger partial charge on any atom is 0.120 e. The maximum absolute atomic E-state index is 10.9. The van der Waals surface area contributed by atoms with Crippen molar-refractivity contribution < 1.29 is 14.6 Å². The summed E-state index contributed by atoms with van der Waals surface area (Å²) in [5.41, 5.74) is 10.1. The molecule has 0 aromatic heterocycles. The average Bonchev–Trinajstić information content (AvgIpc) is 2.93. The summed E-state index contributed by atoms with van der Waals surface area (Å²) in [5.74, 6) is 1.50. The topological polar surface area (TPSA) is 71.2 Å². The Morgan fingerprint density at radius 1 is 0.763 bits per heavy atom. The molecule has 0 bridgehead atoms. The van der Waals surface area contributed by atoms with E-state index < -0.39 is 6.10 Å². The Morgan fingerprint density at radius 2 is 1.34 bits per heavy atom. The van der Waals surface area contributed by atoms with Crippen molar-refractivity contribution in [3.63, 3.8) is 0 Å². The number of hydrogen-bond donors (Lipinski definition) is 2. The predicted octanol–water partition coefficient (Wildman–Crippen LogP) is 4.98. The minimum absolute atomic E-state index is 0.226. The van der Waals surface area contributed by atoms with Crippen LogP contribution in [0, 0.1) is 0 Å². The van der Waals surface area contributed by atoms with Gasteiger partial charge in [0.25, 0.3) is 0 Å². The third-order valence-corrected chi connectivity index (χ3v) is 6.83. The van der Waals surface area contributed by atoms with Gasteiger partial charge in [0.1, 0.15) is 30.8 Å². The average molecular weight is 510 g/mol. The van der Waals surface area contributed by atoms with Crippen LogP contribution < -0.4 is 20.1 Å². The normalized spacial score (nSPS) is 14.2. The number of aliphatic hydroxyl groups is 1. The van der Waals surface area contributed by atoms with E-state index in [1.807, 2.05) is 72.8 Å². The fourth-order valence-electron chi connectivity index (χ4n) is 4.63. The van der Waals surface area contributed by atoms with Gasteiger partial charge in [0.15, 0.2) is 0 Å². The van der Waals surface area contributed by atoms with Gasteiger partial charge in [-0.3, -0.25) is 4.90 Å². The molecular weight excluding hydrogens is 474 g/mol. The zero-order valence-electron chi connectivity index (χ0n) is 21.5. The lowest BCUT2D eigenvalue weighted by Gasteiger charge is -2.47. The highest BCUT2D eigenvalue weighted by Gasteiger charge is 2.33. The molecule has 6 nitrogen and oxygen atoms in total. The summed E-state index contributed by atoms with van der Waals surface area (Å²) in [4.78, 5) is 4.70. The minimum Gasteiger partial charge on any atom is -0.491 e. The number of benzene rings is 4. The number of nitrogens with zero attached hydrogens (tertiary/aromatic N) is 2. The quantitative estimate of drug-likeness (QED) is 0.263. The van der Waals surface area contributed by atoms with Crippen LogP contribution in [0.15, 0.2) is 109 Å². The second-order valence-corrected chi connectivity index (χ2v) is 9.78. The van der Waals surface area contributed by atoms with Gasteiger partial charge in [-0.05, 0) is 59.7 Å². The highest BCUT2D eigenvalue weighted by atomic mass is 16.5. The smallest absolute Gasteiger partial charge is 0.120 e. The molecule has 0 aliphatic carbocycles. The summed E-state index contributed by atoms with van der Waals surface area (Å²) in [6.45, 7) is 3.89. The molecular formula is C32H35N3O3. The first-order valence-corrected chi connectivity index (χ1v) is 13.1. The Morgan fingerprint density at radius 3 is 1.97 bits per heavy atom. The molecule has 6 heteroatoms. The van der Waals surface area contributed by atoms with Gasteiger partial charge >= 0.3 is 0 Å². The van der Waals surface area contributed by atoms with E-state index in [0.29, 0.717) is 24.9 Å². The first kappa shape index (κ1) is 25.6. The highest BCUT2D eigenvalue weighted by Crippen LogP contribution is 2.26. The maximum atomic E-state index is 10.9. The molecule has 3 N–H and O–H groups in total. The van der Waals surface area contributed by atoms with Gasteiger partial charge in [0.05, 0.1) is 0 Å². The molecule has 0 radical (unpaired) electrons. The Kier molecular flexibility index (Phi) is 8.43. The summed E-state index contributed by atoms with van der Waals surface area (Å²) < 4.78 is 11.8. The lowest BCUT2D eigenvalue weighted by Crippen LogP contribution is -2.60. The van der Waals surface area contributed by atoms with E-state index in [9.17, 15) is 5.11 Å². The van der Waals surface area contributed by atoms with Gasteiger partial charge in [-0.15, -0.1) is 0 Å². The van der Waals surface area contributed by atoms with Crippen molar-refractivity contribution in [3.05, 3.63) is 120 Å². The SMILES string of the molecule is Nc1ccc(N2CC(N(Cc3ccccc3)C[C@H](O)COc3ccc(OCc4ccccc4)cc3)C2)cc1. The molecule has 38 heavy (non-hydrogen) atoms. The molecule has 1 aliphatic rings. The lowest BCUT2D eigenvalue weighted by molar-refractivity contribution is 0.0419. The Hall–Kier alpha value is -4.00. The third-order valence-electron chi connectivity index (χ3n) is 6.83. The predicted molar refractivity (Wildman–Crippen MR) is 152 cm³/mol. The van der Waals surface area contributed by atoms with E-state index in [-0.39, 0.29) is 6.61 Å². The molecule has 0 unspecified atom stereocenters. The Bertz CT molecular complexity index is 1240. The van der Waals surface area contributed by atoms with Crippen molar-refractivity contribution in [1.82, 2.24) is 4.90 Å². The summed E-state index contributed by atoms with van der Waals surface area (Å²) in [6, 6.07) is 36.4. The monoisotopic (exact) mass is 509 g/mol. The van der Waals surface area contributed by atoms with E-state index in [2.05, 4.69) is 46.2 Å². The van der Waals surface area contributed by atoms with E-state index in [1.165, 1.54) is 11.3 Å². The number of ether oxygens (including phenoxy) is 2. The van der Waals surface area contributed by atoms with E-state index in [4.69, 9.17) is 15.2 Å². The van der Waals surface area contributed by atoms with Crippen LogP contribution in [0.1, 0.15) is 11.1 Å². The molecule has 1 aliphatic heterocycles. The second-order valence-electron chi connectivity index (χ2n) is 9.78. The van der Waals surface area contributed by atoms with Crippen LogP contribution in [0.25, 0.3) is 0 Å². The van der Waals surface area contributed by atoms with Gasteiger partial charge in [-0.1, -0.05) is 60.7 Å². The fourth-order valence-corrected chi connectivity index (χ4v) is 4.63. The van der Waals surface area contributed by atoms with E-state index >= 15 is 0 Å². The van der Waals surface area contributed by atoms with Gasteiger partial charge in [-0.25, -0.2) is 0 Å². The number of nitrogens with two attached hydrogens (primary N) is 1. The number of anilines is 2. The number of hydrogen-bond acceptors (Lipinski definition) is 6. The zero-order valence-corrected chi connectivity index (χ0v) is 21.5. The van der Waals surface area contributed by atoms with Gasteiger partial charge in [-0.2, -0.15) is 0 Å². The molecule has 1 atom stereocenters. The van der Waals surface area contributed by atoms with Gasteiger partial charge < -0.3 is 25.2 Å². The zero-order chi connectivity index (χ0) is 26.2. The number of aliphatic hydroxyl groups excluding tert-OH is 1. The van der Waals surface area contributed by atoms with Crippen molar-refractivity contribution >= 4 is 11.4 Å². The van der Waals surface area contributed by atoms with Crippen LogP contribution in [0.3, 0.4) is 0 Å². The van der Waals surface area contributed by atoms with Gasteiger partial charge in [0, 0.05) is 43.6 Å². The molecule has 5 rings (SSSR count). The first-order chi connectivity index (χ1) is 18.6. The molecule has 0 saturated carbocycles. The Labute approximate surface area is 224 Å². The van der Waals surface area contributed by atoms with Crippen LogP contribution >= 0.6 is 0 Å². The van der Waals surface area contributed by atoms with Crippen LogP contribution in [0.2, 0.25) is 0 Å². The molecule has 1 heterocycles. The van der Waals surface area contributed by atoms with Crippen LogP contribution in [0.5, 0.6) is 11.5 Å². The molecule has 4 aromatic rings. The van der Waals surface area contributed by atoms with Gasteiger partial charge in [0.2, 0.25) is 0 Å². The third kappa shape index (κ3) is 7.06. The van der Waals surface area contributed by atoms with Crippen molar-refractivity contribution in [2.75, 3.05) is 36.9 Å².